The molecule has 0 spiro atoms. The van der Waals surface area contributed by atoms with Crippen LogP contribution in [0.1, 0.15) is 49.2 Å². The van der Waals surface area contributed by atoms with Crippen molar-refractivity contribution in [3.63, 3.8) is 0 Å². The van der Waals surface area contributed by atoms with Gasteiger partial charge in [-0.25, -0.2) is 15.0 Å². The number of hydrogen-bond acceptors (Lipinski definition) is 5. The zero-order chi connectivity index (χ0) is 12.8. The zero-order valence-corrected chi connectivity index (χ0v) is 11.7. The molecule has 7 heteroatoms. The molecule has 0 aliphatic heterocycles. The van der Waals surface area contributed by atoms with Gasteiger partial charge in [0.05, 0.1) is 0 Å². The van der Waals surface area contributed by atoms with Crippen molar-refractivity contribution in [1.29, 1.82) is 0 Å². The van der Waals surface area contributed by atoms with Crippen LogP contribution in [0.5, 0.6) is 0 Å². The lowest BCUT2D eigenvalue weighted by molar-refractivity contribution is 0.874. The molecule has 0 radical (unpaired) electrons. The van der Waals surface area contributed by atoms with Gasteiger partial charge in [0.15, 0.2) is 0 Å². The number of nitrogens with zero attached hydrogens (tertiary/aromatic N) is 4. The Morgan fingerprint density at radius 2 is 1.89 bits per heavy atom. The topological polar surface area (TPSA) is 67.3 Å². The standard InChI is InChI=1S/C12H12ClN5S/c13-8-5-9(15-10(14-8)6-1-2-6)19-12-16-11(17-18-12)7-3-4-7/h5-7H,1-4H2,(H,16,17,18). The van der Waals surface area contributed by atoms with Crippen molar-refractivity contribution >= 4 is 23.4 Å². The van der Waals surface area contributed by atoms with Crippen molar-refractivity contribution in [3.8, 4) is 0 Å². The molecule has 0 unspecified atom stereocenters. The molecule has 19 heavy (non-hydrogen) atoms. The van der Waals surface area contributed by atoms with Gasteiger partial charge < -0.3 is 0 Å². The van der Waals surface area contributed by atoms with Crippen LogP contribution in [-0.2, 0) is 0 Å². The van der Waals surface area contributed by atoms with E-state index in [2.05, 4.69) is 25.1 Å². The second-order valence-electron chi connectivity index (χ2n) is 5.04. The first-order valence-corrected chi connectivity index (χ1v) is 7.62. The lowest BCUT2D eigenvalue weighted by Gasteiger charge is -2.01. The van der Waals surface area contributed by atoms with Crippen molar-refractivity contribution in [2.24, 2.45) is 0 Å². The fourth-order valence-electron chi connectivity index (χ4n) is 1.93. The Bertz CT molecular complexity index is 620. The van der Waals surface area contributed by atoms with Crippen LogP contribution >= 0.6 is 23.4 Å². The zero-order valence-electron chi connectivity index (χ0n) is 10.1. The predicted molar refractivity (Wildman–Crippen MR) is 71.5 cm³/mol. The molecule has 2 aromatic rings. The highest BCUT2D eigenvalue weighted by Gasteiger charge is 2.28. The molecule has 98 valence electrons. The Hall–Kier alpha value is -1.14. The molecular formula is C12H12ClN5S. The van der Waals surface area contributed by atoms with E-state index in [1.807, 2.05) is 0 Å². The molecule has 2 aliphatic rings. The number of nitrogens with one attached hydrogen (secondary N) is 1. The third-order valence-electron chi connectivity index (χ3n) is 3.27. The summed E-state index contributed by atoms with van der Waals surface area (Å²) in [6.45, 7) is 0. The smallest absolute Gasteiger partial charge is 0.214 e. The van der Waals surface area contributed by atoms with Crippen LogP contribution in [0.4, 0.5) is 0 Å². The van der Waals surface area contributed by atoms with Crippen LogP contribution in [0.3, 0.4) is 0 Å². The van der Waals surface area contributed by atoms with Crippen molar-refractivity contribution < 1.29 is 0 Å². The lowest BCUT2D eigenvalue weighted by atomic mass is 10.4. The number of aromatic nitrogens is 5. The molecule has 2 saturated carbocycles. The minimum atomic E-state index is 0.493. The summed E-state index contributed by atoms with van der Waals surface area (Å²) in [5.74, 6) is 2.92. The monoisotopic (exact) mass is 293 g/mol. The molecule has 0 aromatic carbocycles. The van der Waals surface area contributed by atoms with Gasteiger partial charge in [-0.15, -0.1) is 5.10 Å². The summed E-state index contributed by atoms with van der Waals surface area (Å²) in [6, 6.07) is 1.77. The van der Waals surface area contributed by atoms with E-state index in [9.17, 15) is 0 Å². The molecule has 0 amide bonds. The molecule has 2 aliphatic carbocycles. The van der Waals surface area contributed by atoms with Crippen molar-refractivity contribution in [2.75, 3.05) is 0 Å². The summed E-state index contributed by atoms with van der Waals surface area (Å²) in [6.07, 6.45) is 4.75. The normalized spacial score (nSPS) is 18.8. The highest BCUT2D eigenvalue weighted by Crippen LogP contribution is 2.40. The molecule has 5 nitrogen and oxygen atoms in total. The second-order valence-corrected chi connectivity index (χ2v) is 6.42. The molecule has 2 fully saturated rings. The number of H-pyrrole nitrogens is 1. The number of aromatic amines is 1. The highest BCUT2D eigenvalue weighted by molar-refractivity contribution is 7.99. The molecule has 0 saturated heterocycles. The van der Waals surface area contributed by atoms with Gasteiger partial charge in [0.2, 0.25) is 5.16 Å². The molecule has 4 rings (SSSR count). The molecule has 2 heterocycles. The largest absolute Gasteiger partial charge is 0.262 e. The summed E-state index contributed by atoms with van der Waals surface area (Å²) < 4.78 is 0. The van der Waals surface area contributed by atoms with Gasteiger partial charge in [-0.3, -0.25) is 5.10 Å². The van der Waals surface area contributed by atoms with Crippen LogP contribution in [0, 0.1) is 0 Å². The second kappa shape index (κ2) is 4.45. The Labute approximate surface area is 119 Å². The van der Waals surface area contributed by atoms with E-state index >= 15 is 0 Å². The summed E-state index contributed by atoms with van der Waals surface area (Å²) >= 11 is 7.48. The molecule has 1 N–H and O–H groups in total. The molecular weight excluding hydrogens is 282 g/mol. The number of hydrogen-bond donors (Lipinski definition) is 1. The van der Waals surface area contributed by atoms with E-state index in [0.29, 0.717) is 22.1 Å². The van der Waals surface area contributed by atoms with Crippen LogP contribution < -0.4 is 0 Å². The number of halogens is 1. The van der Waals surface area contributed by atoms with Crippen LogP contribution in [0.15, 0.2) is 16.2 Å². The van der Waals surface area contributed by atoms with Gasteiger partial charge in [-0.05, 0) is 37.4 Å². The molecule has 0 bridgehead atoms. The maximum atomic E-state index is 6.04. The summed E-state index contributed by atoms with van der Waals surface area (Å²) in [4.78, 5) is 13.3. The minimum absolute atomic E-state index is 0.493. The minimum Gasteiger partial charge on any atom is -0.262 e. The first-order chi connectivity index (χ1) is 9.28. The van der Waals surface area contributed by atoms with Gasteiger partial charge in [0.1, 0.15) is 21.8 Å². The average molecular weight is 294 g/mol. The van der Waals surface area contributed by atoms with Crippen molar-refractivity contribution in [2.45, 2.75) is 47.7 Å². The van der Waals surface area contributed by atoms with E-state index in [1.54, 1.807) is 6.07 Å². The van der Waals surface area contributed by atoms with Crippen LogP contribution in [0.2, 0.25) is 5.15 Å². The lowest BCUT2D eigenvalue weighted by Crippen LogP contribution is -1.94. The summed E-state index contributed by atoms with van der Waals surface area (Å²) in [7, 11) is 0. The van der Waals surface area contributed by atoms with Gasteiger partial charge in [0.25, 0.3) is 0 Å². The first kappa shape index (κ1) is 11.7. The van der Waals surface area contributed by atoms with Gasteiger partial charge >= 0.3 is 0 Å². The van der Waals surface area contributed by atoms with E-state index in [4.69, 9.17) is 11.6 Å². The van der Waals surface area contributed by atoms with E-state index in [-0.39, 0.29) is 0 Å². The van der Waals surface area contributed by atoms with Gasteiger partial charge in [0, 0.05) is 17.9 Å². The Morgan fingerprint density at radius 1 is 1.11 bits per heavy atom. The Morgan fingerprint density at radius 3 is 2.63 bits per heavy atom. The first-order valence-electron chi connectivity index (χ1n) is 6.42. The Kier molecular flexibility index (Phi) is 2.73. The Balaban J connectivity index is 1.57. The quantitative estimate of drug-likeness (QED) is 0.877. The van der Waals surface area contributed by atoms with E-state index in [1.165, 1.54) is 24.6 Å². The number of rotatable bonds is 4. The summed E-state index contributed by atoms with van der Waals surface area (Å²) in [5, 5.41) is 9.24. The van der Waals surface area contributed by atoms with Crippen LogP contribution in [0.25, 0.3) is 0 Å². The fraction of sp³-hybridized carbons (Fsp3) is 0.500. The van der Waals surface area contributed by atoms with E-state index < -0.39 is 0 Å². The molecule has 2 aromatic heterocycles. The van der Waals surface area contributed by atoms with E-state index in [0.717, 1.165) is 29.5 Å². The predicted octanol–water partition coefficient (Wildman–Crippen LogP) is 3.15. The SMILES string of the molecule is Clc1cc(Sc2n[nH]c(C3CC3)n2)nc(C2CC2)n1. The van der Waals surface area contributed by atoms with Crippen molar-refractivity contribution in [3.05, 3.63) is 22.9 Å². The fourth-order valence-corrected chi connectivity index (χ4v) is 2.91. The third-order valence-corrected chi connectivity index (χ3v) is 4.25. The average Bonchev–Trinajstić information content (AvgIpc) is 3.28. The highest BCUT2D eigenvalue weighted by atomic mass is 35.5. The van der Waals surface area contributed by atoms with Gasteiger partial charge in [-0.1, -0.05) is 11.6 Å². The third kappa shape index (κ3) is 2.60. The van der Waals surface area contributed by atoms with Crippen LogP contribution in [-0.4, -0.2) is 25.1 Å². The van der Waals surface area contributed by atoms with Gasteiger partial charge in [-0.2, -0.15) is 0 Å². The maximum Gasteiger partial charge on any atom is 0.214 e. The summed E-state index contributed by atoms with van der Waals surface area (Å²) in [5.41, 5.74) is 0. The van der Waals surface area contributed by atoms with Crippen molar-refractivity contribution in [1.82, 2.24) is 25.1 Å². The molecule has 0 atom stereocenters. The maximum absolute atomic E-state index is 6.04.